The first-order valence-electron chi connectivity index (χ1n) is 11.1. The second-order valence-electron chi connectivity index (χ2n) is 7.78. The number of hydrogen-bond acceptors (Lipinski definition) is 10. The zero-order chi connectivity index (χ0) is 26.5. The third-order valence-electron chi connectivity index (χ3n) is 5.16. The Kier molecular flexibility index (Phi) is 6.97. The van der Waals surface area contributed by atoms with E-state index in [4.69, 9.17) is 18.7 Å². The summed E-state index contributed by atoms with van der Waals surface area (Å²) in [7, 11) is 3.12. The van der Waals surface area contributed by atoms with Gasteiger partial charge in [0.25, 0.3) is 5.89 Å². The van der Waals surface area contributed by atoms with Crippen LogP contribution in [0.5, 0.6) is 17.2 Å². The Morgan fingerprint density at radius 1 is 0.947 bits per heavy atom. The molecule has 5 aromatic rings. The first kappa shape index (κ1) is 24.5. The highest BCUT2D eigenvalue weighted by molar-refractivity contribution is 6.10. The van der Waals surface area contributed by atoms with Crippen LogP contribution in [0.2, 0.25) is 0 Å². The Morgan fingerprint density at radius 3 is 2.45 bits per heavy atom. The quantitative estimate of drug-likeness (QED) is 0.207. The summed E-state index contributed by atoms with van der Waals surface area (Å²) in [5, 5.41) is 23.7. The van der Waals surface area contributed by atoms with E-state index in [0.29, 0.717) is 17.1 Å². The highest BCUT2D eigenvalue weighted by Crippen LogP contribution is 2.35. The Balaban J connectivity index is 1.32. The van der Waals surface area contributed by atoms with E-state index in [2.05, 4.69) is 30.9 Å². The first-order valence-corrected chi connectivity index (χ1v) is 11.1. The minimum Gasteiger partial charge on any atom is -0.493 e. The lowest BCUT2D eigenvalue weighted by atomic mass is 10.1. The molecule has 2 heterocycles. The molecule has 0 bridgehead atoms. The topological polar surface area (TPSA) is 123 Å². The van der Waals surface area contributed by atoms with Crippen molar-refractivity contribution in [2.24, 2.45) is 12.2 Å². The van der Waals surface area contributed by atoms with Gasteiger partial charge >= 0.3 is 0 Å². The minimum atomic E-state index is -0.760. The molecule has 0 unspecified atom stereocenters. The zero-order valence-electron chi connectivity index (χ0n) is 20.1. The molecule has 11 nitrogen and oxygen atoms in total. The smallest absolute Gasteiger partial charge is 0.257 e. The number of aromatic nitrogens is 6. The van der Waals surface area contributed by atoms with Crippen molar-refractivity contribution in [1.29, 1.82) is 0 Å². The zero-order valence-corrected chi connectivity index (χ0v) is 20.1. The fourth-order valence-corrected chi connectivity index (χ4v) is 3.43. The van der Waals surface area contributed by atoms with E-state index in [-0.39, 0.29) is 35.6 Å². The van der Waals surface area contributed by atoms with Crippen LogP contribution >= 0.6 is 0 Å². The first-order chi connectivity index (χ1) is 18.5. The van der Waals surface area contributed by atoms with Gasteiger partial charge in [0.1, 0.15) is 17.4 Å². The van der Waals surface area contributed by atoms with Crippen LogP contribution in [0.4, 0.5) is 8.78 Å². The van der Waals surface area contributed by atoms with Gasteiger partial charge in [-0.1, -0.05) is 35.5 Å². The van der Waals surface area contributed by atoms with Crippen molar-refractivity contribution in [3.63, 3.8) is 0 Å². The molecule has 0 radical (unpaired) electrons. The second-order valence-corrected chi connectivity index (χ2v) is 7.78. The van der Waals surface area contributed by atoms with Gasteiger partial charge in [-0.2, -0.15) is 0 Å². The molecular formula is C25H19F2N7O4. The third-order valence-corrected chi connectivity index (χ3v) is 5.16. The predicted octanol–water partition coefficient (Wildman–Crippen LogP) is 4.31. The molecule has 0 amide bonds. The van der Waals surface area contributed by atoms with E-state index in [9.17, 15) is 8.78 Å². The van der Waals surface area contributed by atoms with E-state index in [1.807, 2.05) is 30.3 Å². The third kappa shape index (κ3) is 5.46. The molecular weight excluding hydrogens is 500 g/mol. The molecule has 0 saturated carbocycles. The lowest BCUT2D eigenvalue weighted by Gasteiger charge is -2.11. The molecule has 38 heavy (non-hydrogen) atoms. The number of rotatable bonds is 9. The van der Waals surface area contributed by atoms with Crippen LogP contribution in [-0.4, -0.2) is 43.2 Å². The van der Waals surface area contributed by atoms with Gasteiger partial charge in [0.05, 0.1) is 7.11 Å². The molecule has 0 aliphatic carbocycles. The van der Waals surface area contributed by atoms with Crippen molar-refractivity contribution in [2.75, 3.05) is 7.11 Å². The van der Waals surface area contributed by atoms with Gasteiger partial charge in [-0.25, -0.2) is 13.5 Å². The van der Waals surface area contributed by atoms with E-state index in [0.717, 1.165) is 23.8 Å². The normalized spacial score (nSPS) is 11.4. The number of halogens is 2. The molecule has 0 spiro atoms. The summed E-state index contributed by atoms with van der Waals surface area (Å²) < 4.78 is 45.1. The average molecular weight is 519 g/mol. The summed E-state index contributed by atoms with van der Waals surface area (Å²) in [4.78, 5) is 5.49. The molecule has 0 aliphatic rings. The van der Waals surface area contributed by atoms with Crippen LogP contribution in [0.25, 0.3) is 11.5 Å². The van der Waals surface area contributed by atoms with Crippen molar-refractivity contribution >= 4 is 5.71 Å². The van der Waals surface area contributed by atoms with Crippen molar-refractivity contribution in [2.45, 2.75) is 6.61 Å². The van der Waals surface area contributed by atoms with Gasteiger partial charge in [-0.05, 0) is 28.6 Å². The highest BCUT2D eigenvalue weighted by atomic mass is 19.1. The molecule has 13 heteroatoms. The number of methoxy groups -OCH3 is 1. The highest BCUT2D eigenvalue weighted by Gasteiger charge is 2.17. The molecule has 0 atom stereocenters. The lowest BCUT2D eigenvalue weighted by Crippen LogP contribution is -2.12. The molecule has 192 valence electrons. The van der Waals surface area contributed by atoms with Crippen LogP contribution < -0.4 is 9.47 Å². The average Bonchev–Trinajstić information content (AvgIpc) is 3.56. The van der Waals surface area contributed by atoms with Gasteiger partial charge < -0.3 is 18.7 Å². The number of benzene rings is 3. The van der Waals surface area contributed by atoms with Gasteiger partial charge in [0.2, 0.25) is 11.7 Å². The van der Waals surface area contributed by atoms with Gasteiger partial charge in [0, 0.05) is 36.4 Å². The fourth-order valence-electron chi connectivity index (χ4n) is 3.43. The van der Waals surface area contributed by atoms with Crippen molar-refractivity contribution < 1.29 is 27.5 Å². The van der Waals surface area contributed by atoms with Crippen LogP contribution in [0.3, 0.4) is 0 Å². The van der Waals surface area contributed by atoms with Crippen LogP contribution in [0.1, 0.15) is 17.3 Å². The van der Waals surface area contributed by atoms with Crippen LogP contribution in [0, 0.1) is 11.6 Å². The second kappa shape index (κ2) is 10.8. The number of oxime groups is 1. The largest absolute Gasteiger partial charge is 0.493 e. The van der Waals surface area contributed by atoms with Gasteiger partial charge in [-0.15, -0.1) is 15.3 Å². The Hall–Kier alpha value is -5.20. The number of tetrazole rings is 1. The summed E-state index contributed by atoms with van der Waals surface area (Å²) >= 11 is 0. The summed E-state index contributed by atoms with van der Waals surface area (Å²) in [6, 6.07) is 17.0. The van der Waals surface area contributed by atoms with E-state index in [1.165, 1.54) is 11.8 Å². The number of ether oxygens (including phenoxy) is 2. The summed E-state index contributed by atoms with van der Waals surface area (Å²) in [5.41, 5.74) is 1.71. The Morgan fingerprint density at radius 2 is 1.74 bits per heavy atom. The van der Waals surface area contributed by atoms with Crippen molar-refractivity contribution in [3.8, 4) is 28.7 Å². The molecule has 0 fully saturated rings. The maximum Gasteiger partial charge on any atom is 0.257 e. The molecule has 2 aromatic heterocycles. The maximum absolute atomic E-state index is 13.5. The number of aryl methyl sites for hydroxylation is 1. The Labute approximate surface area is 214 Å². The SMILES string of the molecule is COc1cc(-c2nnc(CO/N=C(/c3ccccc3)c3nnnn3C)o2)ccc1Oc1cc(F)cc(F)c1. The van der Waals surface area contributed by atoms with E-state index < -0.39 is 11.6 Å². The molecule has 3 aromatic carbocycles. The fraction of sp³-hybridized carbons (Fsp3) is 0.120. The minimum absolute atomic E-state index is 0.0155. The predicted molar refractivity (Wildman–Crippen MR) is 128 cm³/mol. The maximum atomic E-state index is 13.5. The summed E-state index contributed by atoms with van der Waals surface area (Å²) in [5.74, 6) is -0.231. The van der Waals surface area contributed by atoms with E-state index in [1.54, 1.807) is 25.2 Å². The van der Waals surface area contributed by atoms with Crippen LogP contribution in [0.15, 0.2) is 76.3 Å². The van der Waals surface area contributed by atoms with Crippen molar-refractivity contribution in [3.05, 3.63) is 95.6 Å². The van der Waals surface area contributed by atoms with Crippen LogP contribution in [-0.2, 0) is 18.5 Å². The van der Waals surface area contributed by atoms with Crippen molar-refractivity contribution in [1.82, 2.24) is 30.4 Å². The Bertz CT molecular complexity index is 1570. The van der Waals surface area contributed by atoms with Gasteiger partial charge in [-0.3, -0.25) is 0 Å². The molecule has 0 aliphatic heterocycles. The summed E-state index contributed by atoms with van der Waals surface area (Å²) in [6.45, 7) is -0.113. The summed E-state index contributed by atoms with van der Waals surface area (Å²) in [6.07, 6.45) is 0. The number of nitrogens with zero attached hydrogens (tertiary/aromatic N) is 7. The monoisotopic (exact) mass is 519 g/mol. The molecule has 0 saturated heterocycles. The van der Waals surface area contributed by atoms with E-state index >= 15 is 0 Å². The standard InChI is InChI=1S/C25H19F2N7O4/c1-34-24(29-32-33-34)23(15-6-4-3-5-7-15)31-36-14-22-28-30-25(38-22)16-8-9-20(21(10-16)35-2)37-19-12-17(26)11-18(27)13-19/h3-13H,14H2,1-2H3/b31-23-. The number of hydrogen-bond donors (Lipinski definition) is 0. The molecule has 5 rings (SSSR count). The lowest BCUT2D eigenvalue weighted by molar-refractivity contribution is 0.111. The van der Waals surface area contributed by atoms with Gasteiger partial charge in [0.15, 0.2) is 23.8 Å². The molecule has 0 N–H and O–H groups in total.